The topological polar surface area (TPSA) is 80.7 Å². The quantitative estimate of drug-likeness (QED) is 0.149. The van der Waals surface area contributed by atoms with Gasteiger partial charge < -0.3 is 4.18 Å². The summed E-state index contributed by atoms with van der Waals surface area (Å²) in [5.74, 6) is -0.949. The highest BCUT2D eigenvalue weighted by molar-refractivity contribution is 7.81. The van der Waals surface area contributed by atoms with E-state index >= 15 is 0 Å². The molecule has 0 aliphatic heterocycles. The lowest BCUT2D eigenvalue weighted by Gasteiger charge is -2.18. The van der Waals surface area contributed by atoms with Gasteiger partial charge in [-0.3, -0.25) is 9.35 Å². The van der Waals surface area contributed by atoms with Crippen molar-refractivity contribution in [3.63, 3.8) is 0 Å². The molecule has 0 atom stereocenters. The molecule has 0 radical (unpaired) electrons. The summed E-state index contributed by atoms with van der Waals surface area (Å²) >= 11 is 0. The maximum Gasteiger partial charge on any atom is 0.448 e. The van der Waals surface area contributed by atoms with Crippen LogP contribution < -0.4 is 0 Å². The van der Waals surface area contributed by atoms with Crippen LogP contribution in [0, 0.1) is 0 Å². The molecule has 0 aliphatic rings. The van der Waals surface area contributed by atoms with Crippen molar-refractivity contribution >= 4 is 27.1 Å². The van der Waals surface area contributed by atoms with E-state index in [2.05, 4.69) is 30.2 Å². The van der Waals surface area contributed by atoms with Crippen molar-refractivity contribution in [1.29, 1.82) is 0 Å². The Kier molecular flexibility index (Phi) is 14.1. The van der Waals surface area contributed by atoms with E-state index in [9.17, 15) is 13.2 Å². The fourth-order valence-electron chi connectivity index (χ4n) is 5.10. The number of fused-ring (bicyclic) bond motifs is 1. The predicted molar refractivity (Wildman–Crippen MR) is 149 cm³/mol. The van der Waals surface area contributed by atoms with Crippen molar-refractivity contribution in [2.45, 2.75) is 123 Å². The lowest BCUT2D eigenvalue weighted by atomic mass is 9.87. The van der Waals surface area contributed by atoms with Crippen molar-refractivity contribution in [1.82, 2.24) is 0 Å². The van der Waals surface area contributed by atoms with Gasteiger partial charge in [0.1, 0.15) is 0 Å². The third-order valence-corrected chi connectivity index (χ3v) is 7.36. The summed E-state index contributed by atoms with van der Waals surface area (Å²) in [4.78, 5) is 12.3. The minimum absolute atomic E-state index is 0.166. The third kappa shape index (κ3) is 11.4. The molecule has 0 amide bonds. The van der Waals surface area contributed by atoms with Gasteiger partial charge in [-0.05, 0) is 53.1 Å². The number of hydrogen-bond donors (Lipinski definition) is 1. The van der Waals surface area contributed by atoms with E-state index in [4.69, 9.17) is 4.55 Å². The molecular formula is C30H46O5S. The minimum Gasteiger partial charge on any atom is -0.325 e. The molecule has 1 N–H and O–H groups in total. The molecule has 0 saturated carbocycles. The highest BCUT2D eigenvalue weighted by Gasteiger charge is 2.19. The number of carbonyl (C=O) groups excluding carboxylic acids is 1. The first-order valence-electron chi connectivity index (χ1n) is 14.1. The summed E-state index contributed by atoms with van der Waals surface area (Å²) in [5, 5.41) is 2.27. The molecule has 36 heavy (non-hydrogen) atoms. The maximum atomic E-state index is 12.3. The molecule has 2 aromatic carbocycles. The van der Waals surface area contributed by atoms with E-state index in [0.717, 1.165) is 48.6 Å². The van der Waals surface area contributed by atoms with Crippen LogP contribution in [0.15, 0.2) is 30.3 Å². The predicted octanol–water partition coefficient (Wildman–Crippen LogP) is 8.31. The van der Waals surface area contributed by atoms with Crippen LogP contribution in [-0.4, -0.2) is 18.9 Å². The van der Waals surface area contributed by atoms with Crippen molar-refractivity contribution in [3.8, 4) is 0 Å². The third-order valence-electron chi connectivity index (χ3n) is 6.96. The lowest BCUT2D eigenvalue weighted by molar-refractivity contribution is -0.133. The Morgan fingerprint density at radius 2 is 1.25 bits per heavy atom. The lowest BCUT2D eigenvalue weighted by Crippen LogP contribution is -2.15. The SMILES string of the molecule is CCCCCCCCCc1c(CC(=O)OS(=O)(=O)O)cc2ccccc2c1CCCCCCCCC. The van der Waals surface area contributed by atoms with Gasteiger partial charge in [0.2, 0.25) is 0 Å². The van der Waals surface area contributed by atoms with Gasteiger partial charge in [0.05, 0.1) is 6.42 Å². The average Bonchev–Trinajstić information content (AvgIpc) is 2.82. The van der Waals surface area contributed by atoms with Crippen molar-refractivity contribution in [2.75, 3.05) is 0 Å². The smallest absolute Gasteiger partial charge is 0.325 e. The highest BCUT2D eigenvalue weighted by Crippen LogP contribution is 2.30. The Hall–Kier alpha value is -1.92. The number of benzene rings is 2. The molecule has 202 valence electrons. The zero-order valence-corrected chi connectivity index (χ0v) is 23.2. The van der Waals surface area contributed by atoms with E-state index < -0.39 is 16.4 Å². The number of aryl methyl sites for hydroxylation is 1. The molecule has 0 heterocycles. The molecule has 6 heteroatoms. The number of hydrogen-bond acceptors (Lipinski definition) is 4. The summed E-state index contributed by atoms with van der Waals surface area (Å²) in [7, 11) is -4.82. The molecule has 2 rings (SSSR count). The second-order valence-electron chi connectivity index (χ2n) is 10.0. The number of carbonyl (C=O) groups is 1. The molecule has 5 nitrogen and oxygen atoms in total. The van der Waals surface area contributed by atoms with E-state index in [-0.39, 0.29) is 6.42 Å². The first-order valence-corrected chi connectivity index (χ1v) is 15.4. The van der Waals surface area contributed by atoms with Gasteiger partial charge in [0.25, 0.3) is 0 Å². The molecule has 0 fully saturated rings. The van der Waals surface area contributed by atoms with Crippen LogP contribution in [0.25, 0.3) is 10.8 Å². The summed E-state index contributed by atoms with van der Waals surface area (Å²) < 4.78 is 35.4. The van der Waals surface area contributed by atoms with Crippen LogP contribution in [0.4, 0.5) is 0 Å². The summed E-state index contributed by atoms with van der Waals surface area (Å²) in [6.45, 7) is 4.46. The minimum atomic E-state index is -4.82. The van der Waals surface area contributed by atoms with Gasteiger partial charge in [0, 0.05) is 0 Å². The van der Waals surface area contributed by atoms with Gasteiger partial charge >= 0.3 is 16.4 Å². The van der Waals surface area contributed by atoms with Gasteiger partial charge in [-0.25, -0.2) is 0 Å². The van der Waals surface area contributed by atoms with E-state index in [1.54, 1.807) is 0 Å². The Morgan fingerprint density at radius 3 is 1.81 bits per heavy atom. The molecule has 2 aromatic rings. The van der Waals surface area contributed by atoms with Crippen molar-refractivity contribution in [3.05, 3.63) is 47.0 Å². The highest BCUT2D eigenvalue weighted by atomic mass is 32.3. The van der Waals surface area contributed by atoms with E-state index in [0.29, 0.717) is 0 Å². The first-order chi connectivity index (χ1) is 17.4. The van der Waals surface area contributed by atoms with E-state index in [1.165, 1.54) is 81.6 Å². The summed E-state index contributed by atoms with van der Waals surface area (Å²) in [5.41, 5.74) is 3.24. The normalized spacial score (nSPS) is 11.8. The Morgan fingerprint density at radius 1 is 0.750 bits per heavy atom. The van der Waals surface area contributed by atoms with Crippen LogP contribution in [0.2, 0.25) is 0 Å². The Bertz CT molecular complexity index is 1030. The molecule has 0 saturated heterocycles. The second-order valence-corrected chi connectivity index (χ2v) is 11.0. The standard InChI is InChI=1S/C30H46O5S/c1-3-5-7-9-11-13-15-20-28-26(24-30(31)35-36(32,33)34)23-25-19-17-18-21-27(25)29(28)22-16-14-12-10-8-6-4-2/h17-19,21,23H,3-16,20,22,24H2,1-2H3,(H,32,33,34). The zero-order valence-electron chi connectivity index (χ0n) is 22.4. The summed E-state index contributed by atoms with van der Waals surface area (Å²) in [6, 6.07) is 10.2. The van der Waals surface area contributed by atoms with E-state index in [1.807, 2.05) is 18.2 Å². The Labute approximate surface area is 219 Å². The van der Waals surface area contributed by atoms with Crippen LogP contribution in [-0.2, 0) is 38.6 Å². The van der Waals surface area contributed by atoms with Gasteiger partial charge in [0.15, 0.2) is 0 Å². The van der Waals surface area contributed by atoms with Crippen LogP contribution >= 0.6 is 0 Å². The average molecular weight is 519 g/mol. The molecule has 0 aromatic heterocycles. The molecule has 0 aliphatic carbocycles. The zero-order chi connectivity index (χ0) is 26.2. The maximum absolute atomic E-state index is 12.3. The van der Waals surface area contributed by atoms with Crippen LogP contribution in [0.1, 0.15) is 120 Å². The van der Waals surface area contributed by atoms with Gasteiger partial charge in [-0.1, -0.05) is 121 Å². The van der Waals surface area contributed by atoms with Crippen LogP contribution in [0.5, 0.6) is 0 Å². The van der Waals surface area contributed by atoms with Crippen LogP contribution in [0.3, 0.4) is 0 Å². The van der Waals surface area contributed by atoms with Gasteiger partial charge in [-0.15, -0.1) is 0 Å². The fraction of sp³-hybridized carbons (Fsp3) is 0.633. The monoisotopic (exact) mass is 518 g/mol. The molecular weight excluding hydrogens is 472 g/mol. The number of unbranched alkanes of at least 4 members (excludes halogenated alkanes) is 12. The first kappa shape index (κ1) is 30.3. The number of rotatable bonds is 19. The molecule has 0 spiro atoms. The fourth-order valence-corrected chi connectivity index (χ4v) is 5.40. The Balaban J connectivity index is 2.22. The van der Waals surface area contributed by atoms with Crippen molar-refractivity contribution < 1.29 is 21.9 Å². The molecule has 0 bridgehead atoms. The molecule has 0 unspecified atom stereocenters. The van der Waals surface area contributed by atoms with Crippen molar-refractivity contribution in [2.24, 2.45) is 0 Å². The van der Waals surface area contributed by atoms with Gasteiger partial charge in [-0.2, -0.15) is 8.42 Å². The largest absolute Gasteiger partial charge is 0.448 e. The summed E-state index contributed by atoms with van der Waals surface area (Å²) in [6.07, 6.45) is 18.7. The second kappa shape index (κ2) is 16.8.